The number of aliphatic hydroxyl groups is 1. The van der Waals surface area contributed by atoms with E-state index in [-0.39, 0.29) is 17.9 Å². The fourth-order valence-electron chi connectivity index (χ4n) is 7.99. The first kappa shape index (κ1) is 31.7. The van der Waals surface area contributed by atoms with Gasteiger partial charge in [-0.25, -0.2) is 4.39 Å². The molecule has 0 aliphatic carbocycles. The Morgan fingerprint density at radius 3 is 2.53 bits per heavy atom. The fraction of sp³-hybridized carbons (Fsp3) is 0.583. The number of nitrogens with zero attached hydrogens (tertiary/aromatic N) is 5. The lowest BCUT2D eigenvalue weighted by Gasteiger charge is -2.36. The number of pyridine rings is 1. The zero-order valence-corrected chi connectivity index (χ0v) is 27.3. The number of likely N-dealkylation sites (tertiary alicyclic amines) is 3. The molecule has 242 valence electrons. The molecule has 1 aromatic carbocycles. The van der Waals surface area contributed by atoms with Crippen LogP contribution in [0.2, 0.25) is 0 Å². The molecule has 6 rings (SSSR count). The van der Waals surface area contributed by atoms with Crippen molar-refractivity contribution < 1.29 is 19.1 Å². The van der Waals surface area contributed by atoms with Gasteiger partial charge in [-0.05, 0) is 113 Å². The first-order chi connectivity index (χ1) is 21.5. The van der Waals surface area contributed by atoms with Crippen molar-refractivity contribution >= 4 is 22.7 Å². The smallest absolute Gasteiger partial charge is 0.256 e. The highest BCUT2D eigenvalue weighted by Gasteiger charge is 2.34. The van der Waals surface area contributed by atoms with E-state index in [9.17, 15) is 19.1 Å². The monoisotopic (exact) mass is 617 g/mol. The van der Waals surface area contributed by atoms with Gasteiger partial charge in [0.05, 0.1) is 23.0 Å². The summed E-state index contributed by atoms with van der Waals surface area (Å²) in [6.45, 7) is 12.6. The van der Waals surface area contributed by atoms with Gasteiger partial charge < -0.3 is 24.4 Å². The summed E-state index contributed by atoms with van der Waals surface area (Å²) in [5, 5.41) is 11.3. The third kappa shape index (κ3) is 6.52. The van der Waals surface area contributed by atoms with Crippen molar-refractivity contribution in [2.24, 2.45) is 11.8 Å². The van der Waals surface area contributed by atoms with Crippen molar-refractivity contribution in [3.05, 3.63) is 59.3 Å². The molecule has 1 N–H and O–H groups in total. The van der Waals surface area contributed by atoms with Crippen molar-refractivity contribution in [3.63, 3.8) is 0 Å². The van der Waals surface area contributed by atoms with Crippen LogP contribution in [0.1, 0.15) is 80.8 Å². The van der Waals surface area contributed by atoms with Crippen LogP contribution in [0.4, 0.5) is 4.39 Å². The number of halogens is 1. The third-order valence-corrected chi connectivity index (χ3v) is 10.4. The van der Waals surface area contributed by atoms with E-state index in [0.717, 1.165) is 75.7 Å². The number of hydrogen-bond acceptors (Lipinski definition) is 5. The van der Waals surface area contributed by atoms with Crippen molar-refractivity contribution in [3.8, 4) is 5.69 Å². The average molecular weight is 618 g/mol. The second-order valence-electron chi connectivity index (χ2n) is 14.2. The largest absolute Gasteiger partial charge is 0.381 e. The highest BCUT2D eigenvalue weighted by molar-refractivity contribution is 5.99. The summed E-state index contributed by atoms with van der Waals surface area (Å²) < 4.78 is 16.7. The van der Waals surface area contributed by atoms with Gasteiger partial charge in [-0.1, -0.05) is 6.92 Å². The predicted octanol–water partition coefficient (Wildman–Crippen LogP) is 5.36. The average Bonchev–Trinajstić information content (AvgIpc) is 3.76. The minimum Gasteiger partial charge on any atom is -0.381 e. The minimum absolute atomic E-state index is 0.0976. The van der Waals surface area contributed by atoms with E-state index >= 15 is 0 Å². The quantitative estimate of drug-likeness (QED) is 0.368. The van der Waals surface area contributed by atoms with E-state index in [1.165, 1.54) is 23.1 Å². The summed E-state index contributed by atoms with van der Waals surface area (Å²) in [6.07, 6.45) is 12.8. The highest BCUT2D eigenvalue weighted by atomic mass is 19.1. The number of benzene rings is 1. The van der Waals surface area contributed by atoms with Crippen LogP contribution in [-0.4, -0.2) is 92.1 Å². The van der Waals surface area contributed by atoms with E-state index in [1.807, 2.05) is 22.2 Å². The number of rotatable bonds is 8. The molecule has 2 amide bonds. The van der Waals surface area contributed by atoms with Crippen LogP contribution in [0.5, 0.6) is 0 Å². The molecule has 3 aliphatic heterocycles. The van der Waals surface area contributed by atoms with E-state index in [0.29, 0.717) is 42.7 Å². The van der Waals surface area contributed by atoms with Crippen LogP contribution in [0.25, 0.3) is 16.6 Å². The zero-order valence-electron chi connectivity index (χ0n) is 27.3. The Bertz CT molecular complexity index is 1550. The van der Waals surface area contributed by atoms with Crippen molar-refractivity contribution in [2.75, 3.05) is 39.3 Å². The molecule has 0 spiro atoms. The Morgan fingerprint density at radius 2 is 1.80 bits per heavy atom. The summed E-state index contributed by atoms with van der Waals surface area (Å²) in [5.74, 6) is 0.394. The number of carbonyl (C=O) groups excluding carboxylic acids is 2. The maximum atomic E-state index is 14.6. The molecule has 2 atom stereocenters. The number of carbonyl (C=O) groups is 2. The van der Waals surface area contributed by atoms with Gasteiger partial charge in [-0.2, -0.15) is 0 Å². The molecule has 9 heteroatoms. The number of fused-ring (bicyclic) bond motifs is 1. The molecule has 3 aromatic rings. The topological polar surface area (TPSA) is 81.9 Å². The summed E-state index contributed by atoms with van der Waals surface area (Å²) in [4.78, 5) is 37.1. The molecule has 0 saturated carbocycles. The first-order valence-electron chi connectivity index (χ1n) is 16.8. The van der Waals surface area contributed by atoms with Gasteiger partial charge in [0.1, 0.15) is 11.4 Å². The lowest BCUT2D eigenvalue weighted by atomic mass is 9.94. The van der Waals surface area contributed by atoms with Crippen molar-refractivity contribution in [1.29, 1.82) is 0 Å². The van der Waals surface area contributed by atoms with Gasteiger partial charge in [0.15, 0.2) is 0 Å². The summed E-state index contributed by atoms with van der Waals surface area (Å²) >= 11 is 0. The fourth-order valence-corrected chi connectivity index (χ4v) is 7.99. The summed E-state index contributed by atoms with van der Waals surface area (Å²) in [5.41, 5.74) is 3.08. The zero-order chi connectivity index (χ0) is 31.9. The van der Waals surface area contributed by atoms with Crippen LogP contribution >= 0.6 is 0 Å². The lowest BCUT2D eigenvalue weighted by molar-refractivity contribution is -0.149. The molecule has 3 fully saturated rings. The van der Waals surface area contributed by atoms with Crippen LogP contribution in [0.3, 0.4) is 0 Å². The van der Waals surface area contributed by atoms with Gasteiger partial charge in [-0.3, -0.25) is 14.6 Å². The Kier molecular flexibility index (Phi) is 9.03. The number of piperidine rings is 1. The number of amides is 2. The highest BCUT2D eigenvalue weighted by Crippen LogP contribution is 2.34. The Morgan fingerprint density at radius 1 is 1.04 bits per heavy atom. The molecule has 0 bridgehead atoms. The maximum Gasteiger partial charge on any atom is 0.256 e. The van der Waals surface area contributed by atoms with Gasteiger partial charge in [0.25, 0.3) is 11.8 Å². The van der Waals surface area contributed by atoms with Gasteiger partial charge in [-0.15, -0.1) is 0 Å². The normalized spacial score (nSPS) is 21.7. The van der Waals surface area contributed by atoms with Crippen LogP contribution in [-0.2, 0) is 11.2 Å². The van der Waals surface area contributed by atoms with Crippen LogP contribution in [0, 0.1) is 24.6 Å². The molecular weight excluding hydrogens is 569 g/mol. The summed E-state index contributed by atoms with van der Waals surface area (Å²) in [7, 11) is 0. The van der Waals surface area contributed by atoms with Gasteiger partial charge in [0.2, 0.25) is 0 Å². The molecular formula is C36H48FN5O3. The Labute approximate surface area is 266 Å². The third-order valence-electron chi connectivity index (χ3n) is 10.4. The van der Waals surface area contributed by atoms with Crippen LogP contribution < -0.4 is 0 Å². The number of aromatic nitrogens is 2. The molecule has 5 heterocycles. The Hall–Kier alpha value is -3.30. The first-order valence-corrected chi connectivity index (χ1v) is 16.8. The standard InChI is InChI=1S/C36H48FN5O3/c1-5-29-7-6-13-41(29)34(43)30-18-28(37)8-9-31(30)42-23-27(33-24(2)19-38-20-32(33)42)17-26-10-14-39(22-26)21-25-11-15-40(16-12-25)35(44)36(3,4)45/h8-9,18-20,23,25-26,29,45H,5-7,10-17,21-22H2,1-4H3/t26-,29?/m0/s1. The van der Waals surface area contributed by atoms with Crippen molar-refractivity contribution in [2.45, 2.75) is 84.3 Å². The number of aryl methyl sites for hydroxylation is 1. The van der Waals surface area contributed by atoms with E-state index in [4.69, 9.17) is 0 Å². The molecule has 8 nitrogen and oxygen atoms in total. The molecule has 45 heavy (non-hydrogen) atoms. The molecule has 3 saturated heterocycles. The SMILES string of the molecule is CCC1CCCN1C(=O)c1cc(F)ccc1-n1cc(C[C@@H]2CCN(CC3CCN(C(=O)C(C)(C)O)CC3)C2)c2c(C)cncc21. The van der Waals surface area contributed by atoms with Gasteiger partial charge >= 0.3 is 0 Å². The van der Waals surface area contributed by atoms with E-state index in [2.05, 4.69) is 34.5 Å². The number of hydrogen-bond donors (Lipinski definition) is 1. The molecule has 0 radical (unpaired) electrons. The molecule has 2 aromatic heterocycles. The van der Waals surface area contributed by atoms with E-state index in [1.54, 1.807) is 19.9 Å². The summed E-state index contributed by atoms with van der Waals surface area (Å²) in [6, 6.07) is 4.78. The van der Waals surface area contributed by atoms with Gasteiger partial charge in [0, 0.05) is 56.5 Å². The second kappa shape index (κ2) is 12.8. The lowest BCUT2D eigenvalue weighted by Crippen LogP contribution is -2.49. The second-order valence-corrected chi connectivity index (χ2v) is 14.2. The maximum absolute atomic E-state index is 14.6. The van der Waals surface area contributed by atoms with E-state index < -0.39 is 11.4 Å². The molecule has 1 unspecified atom stereocenters. The minimum atomic E-state index is -1.31. The molecule has 3 aliphatic rings. The Balaban J connectivity index is 1.19. The predicted molar refractivity (Wildman–Crippen MR) is 174 cm³/mol. The van der Waals surface area contributed by atoms with Crippen LogP contribution in [0.15, 0.2) is 36.8 Å². The van der Waals surface area contributed by atoms with Crippen molar-refractivity contribution in [1.82, 2.24) is 24.3 Å².